The van der Waals surface area contributed by atoms with E-state index < -0.39 is 0 Å². The van der Waals surface area contributed by atoms with Crippen molar-refractivity contribution in [1.29, 1.82) is 0 Å². The maximum absolute atomic E-state index is 12.4. The minimum absolute atomic E-state index is 0.181. The van der Waals surface area contributed by atoms with Crippen molar-refractivity contribution < 1.29 is 9.59 Å². The summed E-state index contributed by atoms with van der Waals surface area (Å²) in [4.78, 5) is 32.7. The van der Waals surface area contributed by atoms with Crippen LogP contribution >= 0.6 is 0 Å². The Bertz CT molecular complexity index is 926. The molecule has 0 saturated carbocycles. The summed E-state index contributed by atoms with van der Waals surface area (Å²) in [5.41, 5.74) is 3.17. The second-order valence-electron chi connectivity index (χ2n) is 5.80. The van der Waals surface area contributed by atoms with Crippen molar-refractivity contribution in [2.24, 2.45) is 0 Å². The van der Waals surface area contributed by atoms with Crippen LogP contribution in [0.1, 0.15) is 32.0 Å². The smallest absolute Gasteiger partial charge is 0.274 e. The van der Waals surface area contributed by atoms with Gasteiger partial charge in [0.1, 0.15) is 5.69 Å². The molecule has 0 bridgehead atoms. The van der Waals surface area contributed by atoms with Crippen molar-refractivity contribution in [3.8, 4) is 0 Å². The molecule has 0 radical (unpaired) electrons. The number of carbonyl (C=O) groups excluding carboxylic acids is 2. The lowest BCUT2D eigenvalue weighted by atomic mass is 10.2. The third-order valence-corrected chi connectivity index (χ3v) is 3.71. The van der Waals surface area contributed by atoms with Crippen molar-refractivity contribution in [3.63, 3.8) is 0 Å². The first-order valence-corrected chi connectivity index (χ1v) is 8.13. The molecule has 130 valence electrons. The number of rotatable bonds is 5. The average Bonchev–Trinajstić information content (AvgIpc) is 2.67. The van der Waals surface area contributed by atoms with E-state index >= 15 is 0 Å². The van der Waals surface area contributed by atoms with Crippen LogP contribution in [-0.2, 0) is 6.54 Å². The third-order valence-electron chi connectivity index (χ3n) is 3.71. The van der Waals surface area contributed by atoms with E-state index in [9.17, 15) is 9.59 Å². The highest BCUT2D eigenvalue weighted by atomic mass is 16.2. The standard InChI is InChI=1S/C20H18N4O2/c1-14-4-2-6-17(10-14)24-20(26)18-11-16(7-9-22-18)19(25)23-13-15-5-3-8-21-12-15/h2-12H,13H2,1H3,(H,23,25)(H,24,26). The lowest BCUT2D eigenvalue weighted by Crippen LogP contribution is -2.23. The summed E-state index contributed by atoms with van der Waals surface area (Å²) in [6.07, 6.45) is 4.81. The Labute approximate surface area is 151 Å². The molecule has 3 aromatic rings. The summed E-state index contributed by atoms with van der Waals surface area (Å²) in [6.45, 7) is 2.31. The first-order chi connectivity index (χ1) is 12.6. The molecular formula is C20H18N4O2. The van der Waals surface area contributed by atoms with Crippen molar-refractivity contribution in [3.05, 3.63) is 89.5 Å². The van der Waals surface area contributed by atoms with Crippen LogP contribution in [-0.4, -0.2) is 21.8 Å². The fourth-order valence-electron chi connectivity index (χ4n) is 2.40. The SMILES string of the molecule is Cc1cccc(NC(=O)c2cc(C(=O)NCc3cccnc3)ccn2)c1. The Balaban J connectivity index is 1.67. The zero-order chi connectivity index (χ0) is 18.4. The van der Waals surface area contributed by atoms with Gasteiger partial charge in [-0.15, -0.1) is 0 Å². The predicted molar refractivity (Wildman–Crippen MR) is 98.8 cm³/mol. The van der Waals surface area contributed by atoms with E-state index in [0.29, 0.717) is 17.8 Å². The summed E-state index contributed by atoms with van der Waals surface area (Å²) in [7, 11) is 0. The van der Waals surface area contributed by atoms with Gasteiger partial charge in [-0.05, 0) is 48.4 Å². The van der Waals surface area contributed by atoms with Crippen LogP contribution in [0.2, 0.25) is 0 Å². The Kier molecular flexibility index (Phi) is 5.34. The van der Waals surface area contributed by atoms with Crippen LogP contribution in [0, 0.1) is 6.92 Å². The van der Waals surface area contributed by atoms with Gasteiger partial charge < -0.3 is 10.6 Å². The van der Waals surface area contributed by atoms with E-state index in [0.717, 1.165) is 11.1 Å². The number of hydrogen-bond acceptors (Lipinski definition) is 4. The lowest BCUT2D eigenvalue weighted by molar-refractivity contribution is 0.0950. The van der Waals surface area contributed by atoms with Gasteiger partial charge in [-0.25, -0.2) is 0 Å². The maximum Gasteiger partial charge on any atom is 0.274 e. The Morgan fingerprint density at radius 1 is 1.00 bits per heavy atom. The van der Waals surface area contributed by atoms with Crippen LogP contribution in [0.15, 0.2) is 67.1 Å². The molecule has 2 N–H and O–H groups in total. The van der Waals surface area contributed by atoms with Crippen molar-refractivity contribution >= 4 is 17.5 Å². The molecule has 6 heteroatoms. The lowest BCUT2D eigenvalue weighted by Gasteiger charge is -2.08. The van der Waals surface area contributed by atoms with Crippen LogP contribution in [0.4, 0.5) is 5.69 Å². The first kappa shape index (κ1) is 17.3. The van der Waals surface area contributed by atoms with Gasteiger partial charge in [-0.3, -0.25) is 19.6 Å². The predicted octanol–water partition coefficient (Wildman–Crippen LogP) is 2.97. The zero-order valence-corrected chi connectivity index (χ0v) is 14.3. The molecule has 0 aliphatic rings. The molecule has 1 aromatic carbocycles. The fraction of sp³-hybridized carbons (Fsp3) is 0.100. The average molecular weight is 346 g/mol. The van der Waals surface area contributed by atoms with Crippen LogP contribution < -0.4 is 10.6 Å². The highest BCUT2D eigenvalue weighted by Gasteiger charge is 2.12. The first-order valence-electron chi connectivity index (χ1n) is 8.13. The molecule has 0 fully saturated rings. The summed E-state index contributed by atoms with van der Waals surface area (Å²) in [6, 6.07) is 14.2. The number of anilines is 1. The van der Waals surface area contributed by atoms with Crippen molar-refractivity contribution in [2.45, 2.75) is 13.5 Å². The molecule has 3 rings (SSSR count). The zero-order valence-electron chi connectivity index (χ0n) is 14.3. The Hall–Kier alpha value is -3.54. The van der Waals surface area contributed by atoms with Gasteiger partial charge in [0.05, 0.1) is 0 Å². The van der Waals surface area contributed by atoms with E-state index in [1.54, 1.807) is 24.5 Å². The largest absolute Gasteiger partial charge is 0.348 e. The number of nitrogens with zero attached hydrogens (tertiary/aromatic N) is 2. The molecule has 0 aliphatic carbocycles. The normalized spacial score (nSPS) is 10.2. The molecule has 0 spiro atoms. The molecule has 0 unspecified atom stereocenters. The molecule has 0 saturated heterocycles. The van der Waals surface area contributed by atoms with E-state index in [1.165, 1.54) is 12.3 Å². The van der Waals surface area contributed by atoms with E-state index in [4.69, 9.17) is 0 Å². The molecule has 26 heavy (non-hydrogen) atoms. The second kappa shape index (κ2) is 8.02. The third kappa shape index (κ3) is 4.51. The number of pyridine rings is 2. The van der Waals surface area contributed by atoms with Crippen LogP contribution in [0.3, 0.4) is 0 Å². The van der Waals surface area contributed by atoms with Gasteiger partial charge in [0.25, 0.3) is 11.8 Å². The number of aryl methyl sites for hydroxylation is 1. The van der Waals surface area contributed by atoms with Crippen LogP contribution in [0.25, 0.3) is 0 Å². The van der Waals surface area contributed by atoms with Gasteiger partial charge in [0, 0.05) is 36.4 Å². The molecule has 6 nitrogen and oxygen atoms in total. The summed E-state index contributed by atoms with van der Waals surface area (Å²) in [5.74, 6) is -0.640. The number of amides is 2. The molecule has 2 heterocycles. The topological polar surface area (TPSA) is 84.0 Å². The second-order valence-corrected chi connectivity index (χ2v) is 5.80. The quantitative estimate of drug-likeness (QED) is 0.744. The van der Waals surface area contributed by atoms with Gasteiger partial charge in [-0.2, -0.15) is 0 Å². The number of hydrogen-bond donors (Lipinski definition) is 2. The minimum Gasteiger partial charge on any atom is -0.348 e. The molecule has 0 aliphatic heterocycles. The van der Waals surface area contributed by atoms with Crippen molar-refractivity contribution in [1.82, 2.24) is 15.3 Å². The highest BCUT2D eigenvalue weighted by Crippen LogP contribution is 2.11. The number of aromatic nitrogens is 2. The molecule has 2 amide bonds. The number of nitrogens with one attached hydrogen (secondary N) is 2. The van der Waals surface area contributed by atoms with Gasteiger partial charge in [-0.1, -0.05) is 18.2 Å². The fourth-order valence-corrected chi connectivity index (χ4v) is 2.40. The van der Waals surface area contributed by atoms with E-state index in [-0.39, 0.29) is 17.5 Å². The van der Waals surface area contributed by atoms with E-state index in [2.05, 4.69) is 20.6 Å². The van der Waals surface area contributed by atoms with Crippen LogP contribution in [0.5, 0.6) is 0 Å². The molecule has 2 aromatic heterocycles. The maximum atomic E-state index is 12.4. The monoisotopic (exact) mass is 346 g/mol. The van der Waals surface area contributed by atoms with E-state index in [1.807, 2.05) is 37.3 Å². The number of benzene rings is 1. The summed E-state index contributed by atoms with van der Waals surface area (Å²) < 4.78 is 0. The molecule has 0 atom stereocenters. The van der Waals surface area contributed by atoms with Gasteiger partial charge in [0.15, 0.2) is 0 Å². The van der Waals surface area contributed by atoms with Gasteiger partial charge in [0.2, 0.25) is 0 Å². The summed E-state index contributed by atoms with van der Waals surface area (Å²) >= 11 is 0. The van der Waals surface area contributed by atoms with Gasteiger partial charge >= 0.3 is 0 Å². The van der Waals surface area contributed by atoms with Crippen molar-refractivity contribution in [2.75, 3.05) is 5.32 Å². The molecular weight excluding hydrogens is 328 g/mol. The summed E-state index contributed by atoms with van der Waals surface area (Å²) in [5, 5.41) is 5.58. The minimum atomic E-state index is -0.363. The number of carbonyl (C=O) groups is 2. The highest BCUT2D eigenvalue weighted by molar-refractivity contribution is 6.04. The Morgan fingerprint density at radius 3 is 2.65 bits per heavy atom. The Morgan fingerprint density at radius 2 is 1.88 bits per heavy atom.